The first kappa shape index (κ1) is 56.9. The number of hydrogen-bond acceptors (Lipinski definition) is 24. The number of para-hydroxylation sites is 4. The molecule has 0 aliphatic rings. The Morgan fingerprint density at radius 1 is 0.471 bits per heavy atom. The van der Waals surface area contributed by atoms with Crippen LogP contribution in [-0.4, -0.2) is 96.7 Å². The molecule has 0 unspecified atom stereocenters. The summed E-state index contributed by atoms with van der Waals surface area (Å²) in [7, 11) is 6.03. The zero-order valence-electron chi connectivity index (χ0n) is 50.8. The van der Waals surface area contributed by atoms with E-state index < -0.39 is 11.6 Å². The molecule has 87 heavy (non-hydrogen) atoms. The Bertz CT molecular complexity index is 4470. The molecule has 0 radical (unpaired) electrons. The first-order valence-electron chi connectivity index (χ1n) is 27.1. The molecule has 0 amide bonds. The molecule has 8 aromatic heterocycles. The molecule has 12 rings (SSSR count). The van der Waals surface area contributed by atoms with E-state index in [2.05, 4.69) is 75.1 Å². The molecule has 0 bridgehead atoms. The third-order valence-electron chi connectivity index (χ3n) is 12.0. The van der Waals surface area contributed by atoms with E-state index in [4.69, 9.17) is 36.0 Å². The van der Waals surface area contributed by atoms with Gasteiger partial charge in [0.05, 0.1) is 22.2 Å². The topological polar surface area (TPSA) is 299 Å². The summed E-state index contributed by atoms with van der Waals surface area (Å²) >= 11 is 13.6. The Balaban J connectivity index is 0.000000144. The van der Waals surface area contributed by atoms with Crippen LogP contribution in [0.2, 0.25) is 5.15 Å². The van der Waals surface area contributed by atoms with Crippen LogP contribution in [0.25, 0.3) is 20.0 Å². The summed E-state index contributed by atoms with van der Waals surface area (Å²) < 4.78 is 92.6. The van der Waals surface area contributed by atoms with Crippen molar-refractivity contribution in [2.24, 2.45) is 28.2 Å². The molecule has 0 spiro atoms. The minimum atomic E-state index is -0.711. The Hall–Kier alpha value is -9.22. The van der Waals surface area contributed by atoms with Crippen LogP contribution in [0.1, 0.15) is 50.0 Å². The van der Waals surface area contributed by atoms with Gasteiger partial charge in [-0.05, 0) is 178 Å². The zero-order chi connectivity index (χ0) is 65.4. The number of ether oxygens (including phenoxy) is 4. The highest BCUT2D eigenvalue weighted by atomic mass is 79.9. The fraction of sp³-hybridized carbons (Fsp3) is 0.231. The van der Waals surface area contributed by atoms with Crippen molar-refractivity contribution in [1.82, 2.24) is 96.7 Å². The molecule has 35 heteroatoms. The molecule has 0 saturated heterocycles. The highest BCUT2D eigenvalue weighted by Gasteiger charge is 2.23. The van der Waals surface area contributed by atoms with Gasteiger partial charge in [0.25, 0.3) is 0 Å². The maximum Gasteiger partial charge on any atom is 0.369 e. The Labute approximate surface area is 526 Å². The van der Waals surface area contributed by atoms with Gasteiger partial charge in [-0.15, -0.1) is 18.7 Å². The van der Waals surface area contributed by atoms with Gasteiger partial charge < -0.3 is 18.9 Å². The second-order valence-electron chi connectivity index (χ2n) is 18.0. The fourth-order valence-electron chi connectivity index (χ4n) is 7.25. The van der Waals surface area contributed by atoms with Crippen LogP contribution in [0.15, 0.2) is 127 Å². The molecule has 0 fully saturated rings. The van der Waals surface area contributed by atoms with Crippen molar-refractivity contribution in [2.45, 2.75) is 54.1 Å². The van der Waals surface area contributed by atoms with Crippen LogP contribution < -0.4 is 41.7 Å². The Morgan fingerprint density at radius 3 is 1.22 bits per heavy atom. The van der Waals surface area contributed by atoms with E-state index in [0.717, 1.165) is 102 Å². The van der Waals surface area contributed by atoms with Crippen molar-refractivity contribution in [2.75, 3.05) is 0 Å². The molecule has 12 aromatic rings. The van der Waals surface area contributed by atoms with Crippen LogP contribution >= 0.6 is 73.7 Å². The quantitative estimate of drug-likeness (QED) is 0.0961. The lowest BCUT2D eigenvalue weighted by molar-refractivity contribution is 0.297. The average Bonchev–Trinajstić information content (AvgIpc) is 1.76. The van der Waals surface area contributed by atoms with Crippen molar-refractivity contribution >= 4 is 73.7 Å². The summed E-state index contributed by atoms with van der Waals surface area (Å²) in [6, 6.07) is 21.9. The largest absolute Gasteiger partial charge is 0.488 e. The third-order valence-corrected chi connectivity index (χ3v) is 16.7. The molecule has 450 valence electrons. The summed E-state index contributed by atoms with van der Waals surface area (Å²) in [6.45, 7) is 7.90. The summed E-state index contributed by atoms with van der Waals surface area (Å²) in [5.41, 5.74) is 3.95. The van der Waals surface area contributed by atoms with E-state index in [0.29, 0.717) is 77.9 Å². The number of hydrogen-bond donors (Lipinski definition) is 0. The highest BCUT2D eigenvalue weighted by molar-refractivity contribution is 9.10. The van der Waals surface area contributed by atoms with Crippen LogP contribution in [0, 0.1) is 33.6 Å². The number of aryl methyl sites for hydroxylation is 8. The Morgan fingerprint density at radius 2 is 0.816 bits per heavy atom. The standard InChI is InChI=1S/C13H12BrN5O2S.C13H12ClN5O2S.C13H12FN5O2S.C13H13N5O2S/c3*1-8-5-3-4-6-10(8)21-7-9-11(14)15-22-12(9)19-13(20)18(2)16-17-19;1-9-5-3-4-6-11(9)20-8-10-7-14-21-12(10)18-13(19)17(2)15-16-18/h3*3-6H,7H2,1-2H3;3-7H,8H2,1-2H3/i4*3T. The number of aromatic nitrogens is 20. The molecule has 0 atom stereocenters. The average molecular weight is 1350 g/mol. The molecule has 8 heterocycles. The minimum absolute atomic E-state index is 0.112. The van der Waals surface area contributed by atoms with Crippen LogP contribution in [0.4, 0.5) is 4.39 Å². The van der Waals surface area contributed by atoms with Crippen LogP contribution in [0.3, 0.4) is 0 Å². The molecule has 0 saturated carbocycles. The van der Waals surface area contributed by atoms with Gasteiger partial charge in [0.1, 0.15) is 54.0 Å². The lowest BCUT2D eigenvalue weighted by Gasteiger charge is -2.09. The minimum Gasteiger partial charge on any atom is -0.488 e. The molecular formula is C52H49BrClFN20O8S4. The first-order chi connectivity index (χ1) is 43.5. The monoisotopic (exact) mass is 1350 g/mol. The van der Waals surface area contributed by atoms with E-state index in [-0.39, 0.29) is 59.2 Å². The number of rotatable bonds is 16. The molecular weight excluding hydrogens is 1300 g/mol. The van der Waals surface area contributed by atoms with Crippen molar-refractivity contribution in [3.05, 3.63) is 205 Å². The Kier molecular flexibility index (Phi) is 18.5. The number of benzene rings is 4. The van der Waals surface area contributed by atoms with Crippen LogP contribution in [0.5, 0.6) is 23.0 Å². The van der Waals surface area contributed by atoms with Gasteiger partial charge >= 0.3 is 22.8 Å². The van der Waals surface area contributed by atoms with Gasteiger partial charge in [-0.1, -0.05) is 84.3 Å². The third kappa shape index (κ3) is 14.6. The highest BCUT2D eigenvalue weighted by Crippen LogP contribution is 2.31. The van der Waals surface area contributed by atoms with E-state index >= 15 is 0 Å². The molecule has 28 nitrogen and oxygen atoms in total. The summed E-state index contributed by atoms with van der Waals surface area (Å²) in [4.78, 5) is 47.8. The lowest BCUT2D eigenvalue weighted by atomic mass is 10.2. The number of halogens is 3. The maximum absolute atomic E-state index is 13.9. The number of tetrazole rings is 4. The van der Waals surface area contributed by atoms with Gasteiger partial charge in [-0.2, -0.15) is 40.6 Å². The van der Waals surface area contributed by atoms with E-state index in [1.165, 1.54) is 37.6 Å². The van der Waals surface area contributed by atoms with Gasteiger partial charge in [0.15, 0.2) is 25.2 Å². The SMILES string of the molecule is [3H]c1ccc(OCc2c(Br)nsc2-n2nnn(C)c2=O)c(C)c1.[3H]c1ccc(OCc2c(Cl)nsc2-n2nnn(C)c2=O)c(C)c1.[3H]c1ccc(OCc2c(F)nsc2-n2nnn(C)c2=O)c(C)c1.[3H]c1ccc(OCc2cnsc2-n2nnn(C)c2=O)c(C)c1. The summed E-state index contributed by atoms with van der Waals surface area (Å²) in [6.07, 6.45) is 1.65. The molecule has 0 aliphatic carbocycles. The van der Waals surface area contributed by atoms with Crippen molar-refractivity contribution < 1.29 is 28.8 Å². The molecule has 0 N–H and O–H groups in total. The van der Waals surface area contributed by atoms with Crippen LogP contribution in [-0.2, 0) is 54.6 Å². The molecule has 0 aliphatic heterocycles. The lowest BCUT2D eigenvalue weighted by Crippen LogP contribution is -2.22. The summed E-state index contributed by atoms with van der Waals surface area (Å²) in [5.74, 6) is 1.83. The molecule has 4 aromatic carbocycles. The maximum atomic E-state index is 13.9. The van der Waals surface area contributed by atoms with E-state index in [9.17, 15) is 23.6 Å². The van der Waals surface area contributed by atoms with Gasteiger partial charge in [-0.3, -0.25) is 0 Å². The van der Waals surface area contributed by atoms with Gasteiger partial charge in [0, 0.05) is 40.0 Å². The second kappa shape index (κ2) is 28.3. The number of nitrogens with zero attached hydrogens (tertiary/aromatic N) is 20. The fourth-order valence-corrected chi connectivity index (χ4v) is 11.1. The predicted octanol–water partition coefficient (Wildman–Crippen LogP) is 6.79. The predicted molar refractivity (Wildman–Crippen MR) is 324 cm³/mol. The van der Waals surface area contributed by atoms with E-state index in [1.54, 1.807) is 85.9 Å². The van der Waals surface area contributed by atoms with Gasteiger partial charge in [-0.25, -0.2) is 19.2 Å². The second-order valence-corrected chi connectivity index (χ2v) is 22.2. The summed E-state index contributed by atoms with van der Waals surface area (Å²) in [5, 5.41) is 31.9. The van der Waals surface area contributed by atoms with Gasteiger partial charge in [0.2, 0.25) is 5.95 Å². The van der Waals surface area contributed by atoms with Crippen molar-refractivity contribution in [1.29, 1.82) is 0 Å². The van der Waals surface area contributed by atoms with Crippen molar-refractivity contribution in [3.8, 4) is 43.0 Å². The van der Waals surface area contributed by atoms with E-state index in [1.807, 2.05) is 20.8 Å². The smallest absolute Gasteiger partial charge is 0.369 e. The zero-order valence-corrected chi connectivity index (χ0v) is 52.4. The first-order valence-corrected chi connectivity index (χ1v) is 29.4. The van der Waals surface area contributed by atoms with Crippen molar-refractivity contribution in [3.63, 3.8) is 0 Å². The normalized spacial score (nSPS) is 11.5.